The summed E-state index contributed by atoms with van der Waals surface area (Å²) in [7, 11) is 0. The third kappa shape index (κ3) is 7.68. The Bertz CT molecular complexity index is 1210. The van der Waals surface area contributed by atoms with Gasteiger partial charge in [-0.15, -0.1) is 0 Å². The molecular weight excluding hydrogens is 528 g/mol. The van der Waals surface area contributed by atoms with Gasteiger partial charge in [0.2, 0.25) is 5.91 Å². The fraction of sp³-hybridized carbons (Fsp3) is 0.355. The topological polar surface area (TPSA) is 58.6 Å². The Morgan fingerprint density at radius 1 is 0.973 bits per heavy atom. The van der Waals surface area contributed by atoms with Crippen LogP contribution in [0.3, 0.4) is 0 Å². The average molecular weight is 564 g/mol. The van der Waals surface area contributed by atoms with E-state index in [0.29, 0.717) is 18.7 Å². The van der Waals surface area contributed by atoms with Crippen molar-refractivity contribution < 1.29 is 14.3 Å². The highest BCUT2D eigenvalue weighted by Crippen LogP contribution is 2.22. The van der Waals surface area contributed by atoms with Crippen molar-refractivity contribution in [2.45, 2.75) is 64.6 Å². The van der Waals surface area contributed by atoms with Crippen LogP contribution in [-0.2, 0) is 22.6 Å². The smallest absolute Gasteiger partial charge is 0.261 e. The molecular formula is C31H35BrN2O3. The summed E-state index contributed by atoms with van der Waals surface area (Å²) < 4.78 is 6.93. The number of hydrogen-bond acceptors (Lipinski definition) is 3. The van der Waals surface area contributed by atoms with Crippen molar-refractivity contribution in [1.82, 2.24) is 10.2 Å². The highest BCUT2D eigenvalue weighted by Gasteiger charge is 2.32. The zero-order chi connectivity index (χ0) is 26.2. The molecule has 0 aliphatic heterocycles. The maximum absolute atomic E-state index is 13.8. The van der Waals surface area contributed by atoms with Crippen LogP contribution in [0.1, 0.15) is 47.9 Å². The van der Waals surface area contributed by atoms with Crippen molar-refractivity contribution in [3.63, 3.8) is 0 Å². The number of carbonyl (C=O) groups excluding carboxylic acids is 2. The number of aryl methyl sites for hydroxylation is 2. The Kier molecular flexibility index (Phi) is 9.40. The predicted octanol–water partition coefficient (Wildman–Crippen LogP) is 6.14. The molecule has 0 unspecified atom stereocenters. The van der Waals surface area contributed by atoms with Crippen LogP contribution >= 0.6 is 15.9 Å². The molecule has 0 aromatic heterocycles. The molecule has 1 aliphatic carbocycles. The molecule has 37 heavy (non-hydrogen) atoms. The van der Waals surface area contributed by atoms with Gasteiger partial charge < -0.3 is 15.0 Å². The standard InChI is InChI=1S/C31H35BrN2O3/c1-22-15-16-23(2)29(17-22)37-21-30(35)34(20-25-11-8-12-26(32)18-25)28(19-24-9-4-3-5-10-24)31(36)33-27-13-6-7-14-27/h3-5,8-12,15-18,27-28H,6-7,13-14,19-21H2,1-2H3,(H,33,36)/t28-/m1/s1. The number of benzene rings is 3. The van der Waals surface area contributed by atoms with Crippen LogP contribution in [0.5, 0.6) is 5.75 Å². The Morgan fingerprint density at radius 3 is 2.43 bits per heavy atom. The van der Waals surface area contributed by atoms with E-state index in [9.17, 15) is 9.59 Å². The maximum atomic E-state index is 13.8. The summed E-state index contributed by atoms with van der Waals surface area (Å²) in [4.78, 5) is 29.2. The monoisotopic (exact) mass is 562 g/mol. The van der Waals surface area contributed by atoms with Crippen molar-refractivity contribution >= 4 is 27.7 Å². The zero-order valence-electron chi connectivity index (χ0n) is 21.6. The molecule has 1 N–H and O–H groups in total. The Hall–Kier alpha value is -3.12. The Balaban J connectivity index is 1.62. The van der Waals surface area contributed by atoms with E-state index < -0.39 is 6.04 Å². The fourth-order valence-corrected chi connectivity index (χ4v) is 5.29. The van der Waals surface area contributed by atoms with Crippen molar-refractivity contribution in [2.75, 3.05) is 6.61 Å². The van der Waals surface area contributed by atoms with Gasteiger partial charge >= 0.3 is 0 Å². The van der Waals surface area contributed by atoms with Gasteiger partial charge in [-0.2, -0.15) is 0 Å². The summed E-state index contributed by atoms with van der Waals surface area (Å²) in [6.45, 7) is 4.13. The first kappa shape index (κ1) is 26.9. The number of halogens is 1. The van der Waals surface area contributed by atoms with Crippen molar-refractivity contribution in [3.8, 4) is 5.75 Å². The lowest BCUT2D eigenvalue weighted by Gasteiger charge is -2.32. The van der Waals surface area contributed by atoms with Gasteiger partial charge in [-0.3, -0.25) is 9.59 Å². The molecule has 194 valence electrons. The molecule has 1 saturated carbocycles. The maximum Gasteiger partial charge on any atom is 0.261 e. The van der Waals surface area contributed by atoms with Crippen molar-refractivity contribution in [3.05, 3.63) is 99.5 Å². The van der Waals surface area contributed by atoms with Crippen LogP contribution in [0.15, 0.2) is 77.3 Å². The fourth-order valence-electron chi connectivity index (χ4n) is 4.84. The van der Waals surface area contributed by atoms with Crippen LogP contribution in [0.25, 0.3) is 0 Å². The number of nitrogens with zero attached hydrogens (tertiary/aromatic N) is 1. The molecule has 6 heteroatoms. The molecule has 1 aliphatic rings. The van der Waals surface area contributed by atoms with Gasteiger partial charge in [-0.05, 0) is 67.1 Å². The van der Waals surface area contributed by atoms with Crippen LogP contribution < -0.4 is 10.1 Å². The lowest BCUT2D eigenvalue weighted by Crippen LogP contribution is -2.53. The molecule has 4 rings (SSSR count). The molecule has 2 amide bonds. The molecule has 0 saturated heterocycles. The van der Waals surface area contributed by atoms with Gasteiger partial charge in [0.1, 0.15) is 11.8 Å². The summed E-state index contributed by atoms with van der Waals surface area (Å²) >= 11 is 3.54. The average Bonchev–Trinajstić information content (AvgIpc) is 3.40. The lowest BCUT2D eigenvalue weighted by molar-refractivity contribution is -0.143. The molecule has 3 aromatic carbocycles. The minimum atomic E-state index is -0.656. The molecule has 0 heterocycles. The van der Waals surface area contributed by atoms with E-state index >= 15 is 0 Å². The minimum Gasteiger partial charge on any atom is -0.483 e. The normalized spacial score (nSPS) is 14.2. The third-order valence-electron chi connectivity index (χ3n) is 6.91. The minimum absolute atomic E-state index is 0.106. The van der Waals surface area contributed by atoms with E-state index in [4.69, 9.17) is 4.74 Å². The van der Waals surface area contributed by atoms with Crippen molar-refractivity contribution in [2.24, 2.45) is 0 Å². The Labute approximate surface area is 228 Å². The number of nitrogens with one attached hydrogen (secondary N) is 1. The Morgan fingerprint density at radius 2 is 1.70 bits per heavy atom. The van der Waals surface area contributed by atoms with Gasteiger partial charge in [0.15, 0.2) is 6.61 Å². The number of rotatable bonds is 10. The van der Waals surface area contributed by atoms with Crippen LogP contribution in [0, 0.1) is 13.8 Å². The van der Waals surface area contributed by atoms with Crippen molar-refractivity contribution in [1.29, 1.82) is 0 Å². The van der Waals surface area contributed by atoms with Gasteiger partial charge in [-0.25, -0.2) is 0 Å². The lowest BCUT2D eigenvalue weighted by atomic mass is 10.0. The third-order valence-corrected chi connectivity index (χ3v) is 7.40. The summed E-state index contributed by atoms with van der Waals surface area (Å²) in [6, 6.07) is 23.2. The van der Waals surface area contributed by atoms with E-state index in [1.807, 2.05) is 86.6 Å². The van der Waals surface area contributed by atoms with E-state index in [0.717, 1.165) is 52.4 Å². The molecule has 3 aromatic rings. The van der Waals surface area contributed by atoms with Gasteiger partial charge in [0.05, 0.1) is 0 Å². The second kappa shape index (κ2) is 12.9. The first-order valence-corrected chi connectivity index (χ1v) is 13.8. The van der Waals surface area contributed by atoms with Crippen LogP contribution in [0.4, 0.5) is 0 Å². The number of carbonyl (C=O) groups is 2. The summed E-state index contributed by atoms with van der Waals surface area (Å²) in [5.41, 5.74) is 3.99. The molecule has 0 spiro atoms. The molecule has 1 fully saturated rings. The zero-order valence-corrected chi connectivity index (χ0v) is 23.2. The second-order valence-corrected chi connectivity index (χ2v) is 10.8. The van der Waals surface area contributed by atoms with Gasteiger partial charge in [0.25, 0.3) is 5.91 Å². The summed E-state index contributed by atoms with van der Waals surface area (Å²) in [5.74, 6) is 0.361. The van der Waals surface area contributed by atoms with Crippen LogP contribution in [0.2, 0.25) is 0 Å². The number of ether oxygens (including phenoxy) is 1. The SMILES string of the molecule is Cc1ccc(C)c(OCC(=O)N(Cc2cccc(Br)c2)[C@H](Cc2ccccc2)C(=O)NC2CCCC2)c1. The summed E-state index contributed by atoms with van der Waals surface area (Å²) in [5, 5.41) is 3.24. The predicted molar refractivity (Wildman–Crippen MR) is 150 cm³/mol. The quantitative estimate of drug-likeness (QED) is 0.322. The molecule has 5 nitrogen and oxygen atoms in total. The van der Waals surface area contributed by atoms with Crippen LogP contribution in [-0.4, -0.2) is 35.4 Å². The van der Waals surface area contributed by atoms with E-state index in [1.165, 1.54) is 0 Å². The van der Waals surface area contributed by atoms with E-state index in [-0.39, 0.29) is 24.5 Å². The largest absolute Gasteiger partial charge is 0.483 e. The number of amides is 2. The van der Waals surface area contributed by atoms with Gasteiger partial charge in [-0.1, -0.05) is 83.4 Å². The second-order valence-electron chi connectivity index (χ2n) is 9.90. The van der Waals surface area contributed by atoms with E-state index in [2.05, 4.69) is 21.2 Å². The summed E-state index contributed by atoms with van der Waals surface area (Å²) in [6.07, 6.45) is 4.65. The number of hydrogen-bond donors (Lipinski definition) is 1. The first-order chi connectivity index (χ1) is 17.9. The highest BCUT2D eigenvalue weighted by atomic mass is 79.9. The van der Waals surface area contributed by atoms with E-state index in [1.54, 1.807) is 4.90 Å². The molecule has 0 radical (unpaired) electrons. The van der Waals surface area contributed by atoms with Gasteiger partial charge in [0, 0.05) is 23.5 Å². The highest BCUT2D eigenvalue weighted by molar-refractivity contribution is 9.10. The first-order valence-electron chi connectivity index (χ1n) is 13.0. The molecule has 0 bridgehead atoms. The molecule has 1 atom stereocenters.